The summed E-state index contributed by atoms with van der Waals surface area (Å²) in [7, 11) is 3.36. The van der Waals surface area contributed by atoms with Gasteiger partial charge >= 0.3 is 0 Å². The minimum Gasteiger partial charge on any atom is -0.383 e. The molecule has 78 valence electrons. The first-order chi connectivity index (χ1) is 7.11. The number of carbonyl (C=O) groups excluding carboxylic acids is 1. The van der Waals surface area contributed by atoms with Gasteiger partial charge in [-0.1, -0.05) is 0 Å². The number of nitrogen functional groups attached to an aromatic ring is 1. The summed E-state index contributed by atoms with van der Waals surface area (Å²) in [5, 5.41) is 11.2. The number of rotatable bonds is 2. The molecule has 2 rings (SSSR count). The number of hydrogen-bond acceptors (Lipinski definition) is 5. The number of hydrogen-bond donors (Lipinski definition) is 1. The molecule has 0 fully saturated rings. The average Bonchev–Trinajstić information content (AvgIpc) is 2.75. The smallest absolute Gasteiger partial charge is 0.235 e. The molecule has 0 aromatic carbocycles. The van der Waals surface area contributed by atoms with Crippen molar-refractivity contribution in [2.45, 2.75) is 0 Å². The van der Waals surface area contributed by atoms with E-state index in [1.54, 1.807) is 14.1 Å². The van der Waals surface area contributed by atoms with Crippen LogP contribution in [0, 0.1) is 0 Å². The largest absolute Gasteiger partial charge is 0.383 e. The Morgan fingerprint density at radius 2 is 2.20 bits per heavy atom. The van der Waals surface area contributed by atoms with Crippen LogP contribution in [0.2, 0.25) is 0 Å². The Kier molecular flexibility index (Phi) is 2.00. The molecule has 0 unspecified atom stereocenters. The molecule has 7 nitrogen and oxygen atoms in total. The quantitative estimate of drug-likeness (QED) is 0.660. The molecule has 0 atom stereocenters. The van der Waals surface area contributed by atoms with Gasteiger partial charge in [0.25, 0.3) is 0 Å². The second-order valence-electron chi connectivity index (χ2n) is 3.16. The van der Waals surface area contributed by atoms with E-state index in [1.807, 2.05) is 0 Å². The zero-order valence-corrected chi connectivity index (χ0v) is 8.38. The molecular formula is C8H10N6O. The summed E-state index contributed by atoms with van der Waals surface area (Å²) in [4.78, 5) is 11.9. The van der Waals surface area contributed by atoms with Crippen molar-refractivity contribution in [2.75, 3.05) is 5.73 Å². The number of nitrogens with zero attached hydrogens (tertiary/aromatic N) is 5. The van der Waals surface area contributed by atoms with Crippen LogP contribution >= 0.6 is 0 Å². The lowest BCUT2D eigenvalue weighted by molar-refractivity contribution is 0.102. The van der Waals surface area contributed by atoms with E-state index in [1.165, 1.54) is 21.8 Å². The van der Waals surface area contributed by atoms with Gasteiger partial charge in [-0.2, -0.15) is 5.10 Å². The van der Waals surface area contributed by atoms with Gasteiger partial charge in [0.15, 0.2) is 0 Å². The van der Waals surface area contributed by atoms with Crippen molar-refractivity contribution in [3.8, 4) is 0 Å². The maximum Gasteiger partial charge on any atom is 0.235 e. The van der Waals surface area contributed by atoms with Gasteiger partial charge in [0, 0.05) is 14.1 Å². The fourth-order valence-corrected chi connectivity index (χ4v) is 1.23. The summed E-state index contributed by atoms with van der Waals surface area (Å²) >= 11 is 0. The van der Waals surface area contributed by atoms with E-state index >= 15 is 0 Å². The molecule has 0 spiro atoms. The van der Waals surface area contributed by atoms with Crippen LogP contribution in [0.25, 0.3) is 0 Å². The first kappa shape index (κ1) is 9.38. The van der Waals surface area contributed by atoms with Crippen molar-refractivity contribution in [2.24, 2.45) is 14.1 Å². The highest BCUT2D eigenvalue weighted by molar-refractivity contribution is 6.09. The molecular weight excluding hydrogens is 196 g/mol. The van der Waals surface area contributed by atoms with E-state index in [0.717, 1.165) is 0 Å². The van der Waals surface area contributed by atoms with Gasteiger partial charge in [-0.3, -0.25) is 9.48 Å². The van der Waals surface area contributed by atoms with Gasteiger partial charge in [0.2, 0.25) is 11.6 Å². The molecule has 0 bridgehead atoms. The van der Waals surface area contributed by atoms with Gasteiger partial charge in [-0.05, 0) is 0 Å². The van der Waals surface area contributed by atoms with Gasteiger partial charge in [-0.15, -0.1) is 10.2 Å². The summed E-state index contributed by atoms with van der Waals surface area (Å²) in [6.45, 7) is 0. The maximum atomic E-state index is 11.9. The predicted molar refractivity (Wildman–Crippen MR) is 52.1 cm³/mol. The maximum absolute atomic E-state index is 11.9. The zero-order chi connectivity index (χ0) is 11.0. The first-order valence-electron chi connectivity index (χ1n) is 4.27. The number of aromatic nitrogens is 5. The second kappa shape index (κ2) is 3.19. The lowest BCUT2D eigenvalue weighted by Crippen LogP contribution is -2.10. The lowest BCUT2D eigenvalue weighted by Gasteiger charge is -1.99. The first-order valence-corrected chi connectivity index (χ1v) is 4.27. The van der Waals surface area contributed by atoms with Crippen LogP contribution in [0.4, 0.5) is 5.82 Å². The molecule has 0 aliphatic rings. The van der Waals surface area contributed by atoms with Crippen molar-refractivity contribution in [1.82, 2.24) is 24.5 Å². The van der Waals surface area contributed by atoms with E-state index in [2.05, 4.69) is 15.3 Å². The van der Waals surface area contributed by atoms with E-state index < -0.39 is 0 Å². The zero-order valence-electron chi connectivity index (χ0n) is 8.38. The fourth-order valence-electron chi connectivity index (χ4n) is 1.23. The van der Waals surface area contributed by atoms with Gasteiger partial charge in [-0.25, -0.2) is 0 Å². The molecule has 2 aromatic rings. The van der Waals surface area contributed by atoms with E-state index in [9.17, 15) is 4.79 Å². The highest BCUT2D eigenvalue weighted by Gasteiger charge is 2.19. The van der Waals surface area contributed by atoms with Crippen LogP contribution in [0.15, 0.2) is 12.5 Å². The van der Waals surface area contributed by atoms with Crippen LogP contribution in [0.5, 0.6) is 0 Å². The molecule has 0 aliphatic heterocycles. The normalized spacial score (nSPS) is 10.5. The Morgan fingerprint density at radius 3 is 2.67 bits per heavy atom. The predicted octanol–water partition coefficient (Wildman–Crippen LogP) is -0.638. The van der Waals surface area contributed by atoms with E-state index in [-0.39, 0.29) is 11.6 Å². The van der Waals surface area contributed by atoms with Crippen LogP contribution in [0.1, 0.15) is 16.2 Å². The Bertz CT molecular complexity index is 511. The van der Waals surface area contributed by atoms with Crippen molar-refractivity contribution < 1.29 is 4.79 Å². The number of ketones is 1. The monoisotopic (exact) mass is 206 g/mol. The van der Waals surface area contributed by atoms with E-state index in [4.69, 9.17) is 5.73 Å². The van der Waals surface area contributed by atoms with Crippen molar-refractivity contribution in [1.29, 1.82) is 0 Å². The molecule has 2 aromatic heterocycles. The number of nitrogens with two attached hydrogens (primary N) is 1. The minimum absolute atomic E-state index is 0.245. The van der Waals surface area contributed by atoms with Gasteiger partial charge in [0.1, 0.15) is 12.1 Å². The summed E-state index contributed by atoms with van der Waals surface area (Å²) in [5.74, 6) is 0.290. The second-order valence-corrected chi connectivity index (χ2v) is 3.16. The Labute approximate surface area is 85.5 Å². The average molecular weight is 206 g/mol. The molecule has 0 saturated carbocycles. The van der Waals surface area contributed by atoms with Gasteiger partial charge in [0.05, 0.1) is 11.8 Å². The molecule has 2 N–H and O–H groups in total. The van der Waals surface area contributed by atoms with E-state index in [0.29, 0.717) is 11.4 Å². The van der Waals surface area contributed by atoms with Crippen molar-refractivity contribution in [3.05, 3.63) is 23.9 Å². The SMILES string of the molecule is Cn1cnnc1C(=O)c1cnn(C)c1N. The van der Waals surface area contributed by atoms with Crippen LogP contribution in [-0.4, -0.2) is 30.3 Å². The third-order valence-electron chi connectivity index (χ3n) is 2.14. The fraction of sp³-hybridized carbons (Fsp3) is 0.250. The summed E-state index contributed by atoms with van der Waals surface area (Å²) in [5.41, 5.74) is 6.02. The topological polar surface area (TPSA) is 91.6 Å². The lowest BCUT2D eigenvalue weighted by atomic mass is 10.2. The Balaban J connectivity index is 2.46. The van der Waals surface area contributed by atoms with Crippen molar-refractivity contribution >= 4 is 11.6 Å². The molecule has 0 aliphatic carbocycles. The highest BCUT2D eigenvalue weighted by atomic mass is 16.1. The number of anilines is 1. The number of aryl methyl sites for hydroxylation is 2. The molecule has 15 heavy (non-hydrogen) atoms. The minimum atomic E-state index is -0.277. The number of carbonyl (C=O) groups is 1. The third-order valence-corrected chi connectivity index (χ3v) is 2.14. The molecule has 0 amide bonds. The van der Waals surface area contributed by atoms with Crippen LogP contribution in [-0.2, 0) is 14.1 Å². The molecule has 0 radical (unpaired) electrons. The third kappa shape index (κ3) is 1.37. The molecule has 0 saturated heterocycles. The van der Waals surface area contributed by atoms with Crippen LogP contribution < -0.4 is 5.73 Å². The molecule has 7 heteroatoms. The summed E-state index contributed by atoms with van der Waals surface area (Å²) in [6.07, 6.45) is 2.88. The summed E-state index contributed by atoms with van der Waals surface area (Å²) in [6, 6.07) is 0. The standard InChI is InChI=1S/C8H10N6O/c1-13-4-10-12-8(13)6(15)5-3-11-14(2)7(5)9/h3-4H,9H2,1-2H3. The van der Waals surface area contributed by atoms with Crippen molar-refractivity contribution in [3.63, 3.8) is 0 Å². The van der Waals surface area contributed by atoms with Gasteiger partial charge < -0.3 is 10.3 Å². The Hall–Kier alpha value is -2.18. The molecule has 2 heterocycles. The van der Waals surface area contributed by atoms with Crippen LogP contribution in [0.3, 0.4) is 0 Å². The highest BCUT2D eigenvalue weighted by Crippen LogP contribution is 2.13. The summed E-state index contributed by atoms with van der Waals surface area (Å²) < 4.78 is 2.97. The Morgan fingerprint density at radius 1 is 1.47 bits per heavy atom.